The molecule has 0 bridgehead atoms. The van der Waals surface area contributed by atoms with Crippen LogP contribution in [-0.4, -0.2) is 5.97 Å². The van der Waals surface area contributed by atoms with E-state index in [4.69, 9.17) is 0 Å². The number of hydrogen-bond acceptors (Lipinski definition) is 2. The van der Waals surface area contributed by atoms with Gasteiger partial charge in [-0.1, -0.05) is 0 Å². The Morgan fingerprint density at radius 3 is 2.67 bits per heavy atom. The molecule has 4 heteroatoms. The molecule has 0 amide bonds. The van der Waals surface area contributed by atoms with Crippen molar-refractivity contribution in [1.29, 1.82) is 0 Å². The second-order valence-corrected chi connectivity index (χ2v) is 2.52. The van der Waals surface area contributed by atoms with Gasteiger partial charge in [-0.15, -0.1) is 0 Å². The molecule has 12 heavy (non-hydrogen) atoms. The predicted octanol–water partition coefficient (Wildman–Crippen LogP) is 1.43. The fraction of sp³-hybridized carbons (Fsp3) is 0.125. The molecule has 0 fully saturated rings. The van der Waals surface area contributed by atoms with Crippen LogP contribution in [0.1, 0.15) is 5.56 Å². The van der Waals surface area contributed by atoms with E-state index in [2.05, 4.69) is 4.74 Å². The lowest BCUT2D eigenvalue weighted by atomic mass is 10.1. The number of esters is 1. The summed E-state index contributed by atoms with van der Waals surface area (Å²) in [6, 6.07) is 1.87. The van der Waals surface area contributed by atoms with Crippen molar-refractivity contribution in [1.82, 2.24) is 0 Å². The number of fused-ring (bicyclic) bond motifs is 1. The van der Waals surface area contributed by atoms with Gasteiger partial charge >= 0.3 is 5.97 Å². The molecule has 0 unspecified atom stereocenters. The monoisotopic (exact) mass is 170 g/mol. The first-order valence-corrected chi connectivity index (χ1v) is 3.35. The first-order chi connectivity index (χ1) is 5.66. The number of benzene rings is 1. The molecule has 1 aliphatic rings. The van der Waals surface area contributed by atoms with Crippen LogP contribution in [0.4, 0.5) is 8.78 Å². The average Bonchev–Trinajstić information content (AvgIpc) is 2.30. The molecule has 0 saturated heterocycles. The maximum absolute atomic E-state index is 12.6. The first kappa shape index (κ1) is 7.21. The first-order valence-electron chi connectivity index (χ1n) is 3.35. The second-order valence-electron chi connectivity index (χ2n) is 2.52. The van der Waals surface area contributed by atoms with Crippen molar-refractivity contribution >= 4 is 5.97 Å². The second kappa shape index (κ2) is 2.27. The lowest BCUT2D eigenvalue weighted by Crippen LogP contribution is -2.00. The van der Waals surface area contributed by atoms with Gasteiger partial charge in [0, 0.05) is 11.6 Å². The van der Waals surface area contributed by atoms with Gasteiger partial charge < -0.3 is 4.74 Å². The SMILES string of the molecule is O=C1Cc2cc(F)c(F)cc2O1. The molecular weight excluding hydrogens is 166 g/mol. The van der Waals surface area contributed by atoms with E-state index in [0.29, 0.717) is 5.56 Å². The molecule has 1 aliphatic heterocycles. The maximum atomic E-state index is 12.6. The van der Waals surface area contributed by atoms with Gasteiger partial charge in [-0.25, -0.2) is 8.78 Å². The third-order valence-electron chi connectivity index (χ3n) is 1.66. The van der Waals surface area contributed by atoms with Crippen molar-refractivity contribution < 1.29 is 18.3 Å². The molecule has 0 spiro atoms. The largest absolute Gasteiger partial charge is 0.426 e. The standard InChI is InChI=1S/C8H4F2O2/c9-5-1-4-2-8(11)12-7(4)3-6(5)10/h1,3H,2H2. The fourth-order valence-corrected chi connectivity index (χ4v) is 1.12. The number of carbonyl (C=O) groups excluding carboxylic acids is 1. The van der Waals surface area contributed by atoms with Crippen molar-refractivity contribution in [2.45, 2.75) is 6.42 Å². The molecule has 0 N–H and O–H groups in total. The number of rotatable bonds is 0. The van der Waals surface area contributed by atoms with Crippen molar-refractivity contribution in [3.63, 3.8) is 0 Å². The number of carbonyl (C=O) groups is 1. The summed E-state index contributed by atoms with van der Waals surface area (Å²) in [7, 11) is 0. The highest BCUT2D eigenvalue weighted by molar-refractivity contribution is 5.80. The van der Waals surface area contributed by atoms with Crippen molar-refractivity contribution in [3.05, 3.63) is 29.3 Å². The Morgan fingerprint density at radius 2 is 1.92 bits per heavy atom. The maximum Gasteiger partial charge on any atom is 0.315 e. The molecule has 0 atom stereocenters. The van der Waals surface area contributed by atoms with Crippen LogP contribution in [0.15, 0.2) is 12.1 Å². The molecule has 0 radical (unpaired) electrons. The summed E-state index contributed by atoms with van der Waals surface area (Å²) in [5, 5.41) is 0. The van der Waals surface area contributed by atoms with E-state index in [-0.39, 0.29) is 12.2 Å². The highest BCUT2D eigenvalue weighted by Gasteiger charge is 2.22. The molecule has 2 rings (SSSR count). The van der Waals surface area contributed by atoms with Gasteiger partial charge in [0.05, 0.1) is 6.42 Å². The highest BCUT2D eigenvalue weighted by Crippen LogP contribution is 2.27. The van der Waals surface area contributed by atoms with Crippen LogP contribution in [0, 0.1) is 11.6 Å². The summed E-state index contributed by atoms with van der Waals surface area (Å²) in [6.07, 6.45) is 0.0204. The van der Waals surface area contributed by atoms with E-state index >= 15 is 0 Å². The molecule has 0 aromatic heterocycles. The van der Waals surface area contributed by atoms with Gasteiger partial charge in [0.1, 0.15) is 5.75 Å². The van der Waals surface area contributed by atoms with Gasteiger partial charge in [0.2, 0.25) is 0 Å². The number of halogens is 2. The molecule has 1 aromatic rings. The van der Waals surface area contributed by atoms with Crippen LogP contribution in [0.5, 0.6) is 5.75 Å². The Hall–Kier alpha value is -1.45. The van der Waals surface area contributed by atoms with Gasteiger partial charge in [0.25, 0.3) is 0 Å². The Labute approximate surface area is 66.8 Å². The van der Waals surface area contributed by atoms with Crippen LogP contribution in [-0.2, 0) is 11.2 Å². The van der Waals surface area contributed by atoms with E-state index in [1.165, 1.54) is 0 Å². The molecule has 2 nitrogen and oxygen atoms in total. The van der Waals surface area contributed by atoms with Crippen LogP contribution in [0.2, 0.25) is 0 Å². The van der Waals surface area contributed by atoms with Crippen LogP contribution in [0.3, 0.4) is 0 Å². The van der Waals surface area contributed by atoms with E-state index in [1.807, 2.05) is 0 Å². The Kier molecular flexibility index (Phi) is 1.36. The average molecular weight is 170 g/mol. The van der Waals surface area contributed by atoms with Crippen molar-refractivity contribution in [2.75, 3.05) is 0 Å². The third-order valence-corrected chi connectivity index (χ3v) is 1.66. The fourth-order valence-electron chi connectivity index (χ4n) is 1.12. The summed E-state index contributed by atoms with van der Waals surface area (Å²) in [5.41, 5.74) is 0.402. The smallest absolute Gasteiger partial charge is 0.315 e. The topological polar surface area (TPSA) is 26.3 Å². The molecular formula is C8H4F2O2. The summed E-state index contributed by atoms with van der Waals surface area (Å²) in [6.45, 7) is 0. The number of ether oxygens (including phenoxy) is 1. The Balaban J connectivity index is 2.55. The normalized spacial score (nSPS) is 14.3. The Bertz CT molecular complexity index is 327. The zero-order valence-electron chi connectivity index (χ0n) is 5.93. The van der Waals surface area contributed by atoms with Crippen LogP contribution < -0.4 is 4.74 Å². The molecule has 1 aromatic carbocycles. The Morgan fingerprint density at radius 1 is 1.25 bits per heavy atom. The zero-order valence-corrected chi connectivity index (χ0v) is 5.93. The lowest BCUT2D eigenvalue weighted by Gasteiger charge is -1.96. The molecule has 1 heterocycles. The summed E-state index contributed by atoms with van der Waals surface area (Å²) in [4.78, 5) is 10.7. The van der Waals surface area contributed by atoms with E-state index in [1.54, 1.807) is 0 Å². The van der Waals surface area contributed by atoms with Gasteiger partial charge in [-0.2, -0.15) is 0 Å². The minimum Gasteiger partial charge on any atom is -0.426 e. The van der Waals surface area contributed by atoms with Gasteiger partial charge in [0.15, 0.2) is 11.6 Å². The lowest BCUT2D eigenvalue weighted by molar-refractivity contribution is -0.131. The third kappa shape index (κ3) is 0.958. The minimum atomic E-state index is -0.997. The highest BCUT2D eigenvalue weighted by atomic mass is 19.2. The van der Waals surface area contributed by atoms with Crippen LogP contribution in [0.25, 0.3) is 0 Å². The summed E-state index contributed by atoms with van der Waals surface area (Å²) in [5.74, 6) is -2.30. The summed E-state index contributed by atoms with van der Waals surface area (Å²) >= 11 is 0. The van der Waals surface area contributed by atoms with Gasteiger partial charge in [-0.3, -0.25) is 4.79 Å². The quantitative estimate of drug-likeness (QED) is 0.435. The minimum absolute atomic E-state index is 0.0204. The van der Waals surface area contributed by atoms with Crippen molar-refractivity contribution in [2.24, 2.45) is 0 Å². The summed E-state index contributed by atoms with van der Waals surface area (Å²) < 4.78 is 29.7. The predicted molar refractivity (Wildman–Crippen MR) is 35.7 cm³/mol. The molecule has 0 saturated carbocycles. The van der Waals surface area contributed by atoms with E-state index in [0.717, 1.165) is 12.1 Å². The van der Waals surface area contributed by atoms with E-state index < -0.39 is 17.6 Å². The van der Waals surface area contributed by atoms with E-state index in [9.17, 15) is 13.6 Å². The van der Waals surface area contributed by atoms with Crippen LogP contribution >= 0.6 is 0 Å². The van der Waals surface area contributed by atoms with Crippen molar-refractivity contribution in [3.8, 4) is 5.75 Å². The molecule has 62 valence electrons. The van der Waals surface area contributed by atoms with Gasteiger partial charge in [-0.05, 0) is 6.07 Å². The zero-order chi connectivity index (χ0) is 8.72. The molecule has 0 aliphatic carbocycles. The number of hydrogen-bond donors (Lipinski definition) is 0.